The Labute approximate surface area is 83.0 Å². The van der Waals surface area contributed by atoms with E-state index in [0.29, 0.717) is 18.0 Å². The van der Waals surface area contributed by atoms with Gasteiger partial charge in [-0.25, -0.2) is 0 Å². The van der Waals surface area contributed by atoms with Crippen molar-refractivity contribution in [2.24, 2.45) is 0 Å². The molecule has 0 amide bonds. The van der Waals surface area contributed by atoms with Gasteiger partial charge in [-0.1, -0.05) is 17.7 Å². The second-order valence-electron chi connectivity index (χ2n) is 2.71. The van der Waals surface area contributed by atoms with Gasteiger partial charge in [-0.15, -0.1) is 0 Å². The van der Waals surface area contributed by atoms with E-state index in [4.69, 9.17) is 22.1 Å². The summed E-state index contributed by atoms with van der Waals surface area (Å²) in [6.07, 6.45) is 1.71. The zero-order valence-corrected chi connectivity index (χ0v) is 8.21. The molecule has 0 fully saturated rings. The predicted octanol–water partition coefficient (Wildman–Crippen LogP) is 2.71. The fourth-order valence-electron chi connectivity index (χ4n) is 0.974. The summed E-state index contributed by atoms with van der Waals surface area (Å²) in [4.78, 5) is 0. The number of rotatable bonds is 3. The highest BCUT2D eigenvalue weighted by molar-refractivity contribution is 6.25. The number of nitrogens with two attached hydrogens (primary N) is 1. The summed E-state index contributed by atoms with van der Waals surface area (Å²) < 4.78 is 5.34. The molecular weight excluding hydrogens is 186 g/mol. The first kappa shape index (κ1) is 9.93. The maximum absolute atomic E-state index is 5.72. The van der Waals surface area contributed by atoms with Crippen molar-refractivity contribution in [2.75, 3.05) is 12.3 Å². The number of hydrogen-bond donors (Lipinski definition) is 1. The van der Waals surface area contributed by atoms with E-state index in [-0.39, 0.29) is 0 Å². The number of benzene rings is 1. The molecule has 1 aromatic carbocycles. The highest BCUT2D eigenvalue weighted by Crippen LogP contribution is 2.21. The minimum absolute atomic E-state index is 0.441. The molecule has 0 radical (unpaired) electrons. The molecule has 0 aliphatic carbocycles. The lowest BCUT2D eigenvalue weighted by Gasteiger charge is -2.06. The van der Waals surface area contributed by atoms with Crippen molar-refractivity contribution in [2.45, 2.75) is 6.92 Å². The SMILES string of the molecule is Cc1ccc(OC/C=C/Cl)c(N)c1. The van der Waals surface area contributed by atoms with Crippen molar-refractivity contribution in [1.82, 2.24) is 0 Å². The van der Waals surface area contributed by atoms with Crippen LogP contribution in [0.2, 0.25) is 0 Å². The third-order valence-corrected chi connectivity index (χ3v) is 1.77. The normalized spacial score (nSPS) is 10.6. The summed E-state index contributed by atoms with van der Waals surface area (Å²) in [6, 6.07) is 5.68. The third kappa shape index (κ3) is 2.99. The van der Waals surface area contributed by atoms with E-state index in [1.807, 2.05) is 25.1 Å². The number of halogens is 1. The molecule has 1 rings (SSSR count). The Kier molecular flexibility index (Phi) is 3.65. The summed E-state index contributed by atoms with van der Waals surface area (Å²) >= 11 is 5.34. The monoisotopic (exact) mass is 197 g/mol. The van der Waals surface area contributed by atoms with Crippen molar-refractivity contribution < 1.29 is 4.74 Å². The van der Waals surface area contributed by atoms with E-state index in [1.165, 1.54) is 5.54 Å². The lowest BCUT2D eigenvalue weighted by Crippen LogP contribution is -1.97. The molecule has 0 aliphatic heterocycles. The average molecular weight is 198 g/mol. The van der Waals surface area contributed by atoms with Crippen LogP contribution in [0, 0.1) is 6.92 Å². The smallest absolute Gasteiger partial charge is 0.142 e. The van der Waals surface area contributed by atoms with Crippen LogP contribution in [0.15, 0.2) is 29.8 Å². The average Bonchev–Trinajstić information content (AvgIpc) is 2.09. The van der Waals surface area contributed by atoms with E-state index in [1.54, 1.807) is 6.08 Å². The molecule has 3 heteroatoms. The van der Waals surface area contributed by atoms with Crippen LogP contribution < -0.4 is 10.5 Å². The van der Waals surface area contributed by atoms with Gasteiger partial charge in [0.15, 0.2) is 0 Å². The zero-order valence-electron chi connectivity index (χ0n) is 7.46. The van der Waals surface area contributed by atoms with Gasteiger partial charge in [0, 0.05) is 5.54 Å². The molecule has 0 heterocycles. The molecule has 0 aliphatic rings. The van der Waals surface area contributed by atoms with Gasteiger partial charge in [0.2, 0.25) is 0 Å². The summed E-state index contributed by atoms with van der Waals surface area (Å²) in [5.74, 6) is 0.695. The minimum atomic E-state index is 0.441. The van der Waals surface area contributed by atoms with Gasteiger partial charge >= 0.3 is 0 Å². The van der Waals surface area contributed by atoms with E-state index < -0.39 is 0 Å². The van der Waals surface area contributed by atoms with Crippen LogP contribution in [-0.2, 0) is 0 Å². The molecule has 2 N–H and O–H groups in total. The molecule has 0 atom stereocenters. The summed E-state index contributed by atoms with van der Waals surface area (Å²) in [7, 11) is 0. The molecule has 2 nitrogen and oxygen atoms in total. The first-order chi connectivity index (χ1) is 6.24. The van der Waals surface area contributed by atoms with E-state index in [0.717, 1.165) is 5.56 Å². The lowest BCUT2D eigenvalue weighted by molar-refractivity contribution is 0.365. The standard InChI is InChI=1S/C10H12ClNO/c1-8-3-4-10(9(12)7-8)13-6-2-5-11/h2-5,7H,6,12H2,1H3/b5-2+. The Morgan fingerprint density at radius 2 is 2.31 bits per heavy atom. The van der Waals surface area contributed by atoms with Gasteiger partial charge < -0.3 is 10.5 Å². The van der Waals surface area contributed by atoms with Gasteiger partial charge in [0.25, 0.3) is 0 Å². The van der Waals surface area contributed by atoms with Crippen LogP contribution in [0.25, 0.3) is 0 Å². The zero-order chi connectivity index (χ0) is 9.68. The largest absolute Gasteiger partial charge is 0.487 e. The van der Waals surface area contributed by atoms with Gasteiger partial charge in [-0.2, -0.15) is 0 Å². The van der Waals surface area contributed by atoms with Crippen LogP contribution in [0.1, 0.15) is 5.56 Å². The Bertz CT molecular complexity index is 310. The van der Waals surface area contributed by atoms with Crippen LogP contribution >= 0.6 is 11.6 Å². The van der Waals surface area contributed by atoms with Crippen molar-refractivity contribution in [3.8, 4) is 5.75 Å². The van der Waals surface area contributed by atoms with E-state index in [2.05, 4.69) is 0 Å². The fourth-order valence-corrected chi connectivity index (χ4v) is 1.05. The summed E-state index contributed by atoms with van der Waals surface area (Å²) in [6.45, 7) is 2.43. The Hall–Kier alpha value is -1.15. The number of anilines is 1. The second-order valence-corrected chi connectivity index (χ2v) is 2.97. The summed E-state index contributed by atoms with van der Waals surface area (Å²) in [5.41, 5.74) is 8.92. The fraction of sp³-hybridized carbons (Fsp3) is 0.200. The minimum Gasteiger partial charge on any atom is -0.487 e. The van der Waals surface area contributed by atoms with Gasteiger partial charge in [-0.3, -0.25) is 0 Å². The second kappa shape index (κ2) is 4.77. The van der Waals surface area contributed by atoms with E-state index >= 15 is 0 Å². The van der Waals surface area contributed by atoms with Crippen LogP contribution in [0.5, 0.6) is 5.75 Å². The number of ether oxygens (including phenoxy) is 1. The van der Waals surface area contributed by atoms with Gasteiger partial charge in [0.1, 0.15) is 12.4 Å². The molecule has 0 saturated heterocycles. The highest BCUT2D eigenvalue weighted by atomic mass is 35.5. The first-order valence-corrected chi connectivity index (χ1v) is 4.42. The first-order valence-electron chi connectivity index (χ1n) is 3.98. The molecule has 0 spiro atoms. The summed E-state index contributed by atoms with van der Waals surface area (Å²) in [5, 5.41) is 0. The van der Waals surface area contributed by atoms with Crippen LogP contribution in [-0.4, -0.2) is 6.61 Å². The van der Waals surface area contributed by atoms with Crippen LogP contribution in [0.3, 0.4) is 0 Å². The maximum atomic E-state index is 5.72. The van der Waals surface area contributed by atoms with Gasteiger partial charge in [0.05, 0.1) is 5.69 Å². The molecular formula is C10H12ClNO. The molecule has 1 aromatic rings. The quantitative estimate of drug-likeness (QED) is 0.757. The Morgan fingerprint density at radius 1 is 1.54 bits per heavy atom. The molecule has 13 heavy (non-hydrogen) atoms. The van der Waals surface area contributed by atoms with Crippen molar-refractivity contribution in [3.05, 3.63) is 35.4 Å². The van der Waals surface area contributed by atoms with Crippen molar-refractivity contribution >= 4 is 17.3 Å². The number of aryl methyl sites for hydroxylation is 1. The van der Waals surface area contributed by atoms with Crippen molar-refractivity contribution in [3.63, 3.8) is 0 Å². The van der Waals surface area contributed by atoms with Crippen LogP contribution in [0.4, 0.5) is 5.69 Å². The lowest BCUT2D eigenvalue weighted by atomic mass is 10.2. The molecule has 70 valence electrons. The Morgan fingerprint density at radius 3 is 2.92 bits per heavy atom. The predicted molar refractivity (Wildman–Crippen MR) is 56.1 cm³/mol. The highest BCUT2D eigenvalue weighted by Gasteiger charge is 1.97. The third-order valence-electron chi connectivity index (χ3n) is 1.59. The van der Waals surface area contributed by atoms with Gasteiger partial charge in [-0.05, 0) is 30.7 Å². The molecule has 0 saturated carbocycles. The van der Waals surface area contributed by atoms with E-state index in [9.17, 15) is 0 Å². The number of nitrogen functional groups attached to an aromatic ring is 1. The molecule has 0 unspecified atom stereocenters. The number of hydrogen-bond acceptors (Lipinski definition) is 2. The maximum Gasteiger partial charge on any atom is 0.142 e. The molecule has 0 bridgehead atoms. The Balaban J connectivity index is 2.66. The van der Waals surface area contributed by atoms with Crippen molar-refractivity contribution in [1.29, 1.82) is 0 Å². The molecule has 0 aromatic heterocycles. The topological polar surface area (TPSA) is 35.2 Å².